The van der Waals surface area contributed by atoms with Crippen molar-refractivity contribution >= 4 is 5.52 Å². The zero-order valence-electron chi connectivity index (χ0n) is 10.5. The first-order valence-corrected chi connectivity index (χ1v) is 6.59. The Hall–Kier alpha value is -1.39. The molecule has 0 aromatic carbocycles. The van der Waals surface area contributed by atoms with Gasteiger partial charge in [-0.1, -0.05) is 6.07 Å². The van der Waals surface area contributed by atoms with E-state index in [-0.39, 0.29) is 0 Å². The summed E-state index contributed by atoms with van der Waals surface area (Å²) in [6.07, 6.45) is 7.43. The highest BCUT2D eigenvalue weighted by molar-refractivity contribution is 5.47. The fraction of sp³-hybridized carbons (Fsp3) is 0.500. The topological polar surface area (TPSA) is 52.5 Å². The number of pyridine rings is 1. The van der Waals surface area contributed by atoms with Crippen LogP contribution in [-0.4, -0.2) is 22.6 Å². The molecule has 2 N–H and O–H groups in total. The van der Waals surface area contributed by atoms with Gasteiger partial charge in [0.25, 0.3) is 0 Å². The summed E-state index contributed by atoms with van der Waals surface area (Å²) in [6, 6.07) is 4.14. The van der Waals surface area contributed by atoms with Crippen molar-refractivity contribution in [1.82, 2.24) is 9.38 Å². The van der Waals surface area contributed by atoms with E-state index >= 15 is 0 Å². The van der Waals surface area contributed by atoms with Gasteiger partial charge in [-0.15, -0.1) is 0 Å². The Bertz CT molecular complexity index is 529. The fourth-order valence-corrected chi connectivity index (χ4v) is 2.59. The van der Waals surface area contributed by atoms with Crippen LogP contribution < -0.4 is 5.73 Å². The third kappa shape index (κ3) is 2.26. The van der Waals surface area contributed by atoms with Crippen molar-refractivity contribution in [3.8, 4) is 0 Å². The van der Waals surface area contributed by atoms with Gasteiger partial charge in [-0.3, -0.25) is 0 Å². The molecular weight excluding hydrogens is 226 g/mol. The molecule has 1 atom stereocenters. The van der Waals surface area contributed by atoms with Gasteiger partial charge < -0.3 is 14.9 Å². The van der Waals surface area contributed by atoms with Crippen molar-refractivity contribution in [2.75, 3.05) is 13.2 Å². The smallest absolute Gasteiger partial charge is 0.113 e. The second-order valence-corrected chi connectivity index (χ2v) is 5.00. The van der Waals surface area contributed by atoms with Gasteiger partial charge in [0.1, 0.15) is 5.82 Å². The highest BCUT2D eigenvalue weighted by atomic mass is 16.5. The van der Waals surface area contributed by atoms with Crippen LogP contribution in [0.1, 0.15) is 24.2 Å². The number of ether oxygens (including phenoxy) is 1. The van der Waals surface area contributed by atoms with Crippen molar-refractivity contribution in [3.05, 3.63) is 35.9 Å². The predicted molar refractivity (Wildman–Crippen MR) is 70.3 cm³/mol. The predicted octanol–water partition coefficient (Wildman–Crippen LogP) is 1.76. The highest BCUT2D eigenvalue weighted by Crippen LogP contribution is 2.19. The summed E-state index contributed by atoms with van der Waals surface area (Å²) in [7, 11) is 0. The summed E-state index contributed by atoms with van der Waals surface area (Å²) < 4.78 is 7.69. The Kier molecular flexibility index (Phi) is 3.30. The van der Waals surface area contributed by atoms with Crippen LogP contribution >= 0.6 is 0 Å². The number of nitrogens with two attached hydrogens (primary N) is 1. The number of nitrogens with zero attached hydrogens (tertiary/aromatic N) is 2. The Morgan fingerprint density at radius 2 is 2.39 bits per heavy atom. The van der Waals surface area contributed by atoms with Crippen LogP contribution in [0, 0.1) is 5.92 Å². The number of fused-ring (bicyclic) bond motifs is 1. The van der Waals surface area contributed by atoms with Gasteiger partial charge in [0.15, 0.2) is 0 Å². The molecule has 0 radical (unpaired) electrons. The summed E-state index contributed by atoms with van der Waals surface area (Å²) in [5.41, 5.74) is 7.97. The molecule has 2 aromatic heterocycles. The molecule has 96 valence electrons. The maximum absolute atomic E-state index is 5.69. The van der Waals surface area contributed by atoms with Gasteiger partial charge in [0, 0.05) is 32.4 Å². The molecule has 2 aromatic rings. The lowest BCUT2D eigenvalue weighted by Gasteiger charge is -2.21. The van der Waals surface area contributed by atoms with Crippen molar-refractivity contribution in [2.45, 2.75) is 25.8 Å². The summed E-state index contributed by atoms with van der Waals surface area (Å²) >= 11 is 0. The van der Waals surface area contributed by atoms with Gasteiger partial charge in [0.2, 0.25) is 0 Å². The molecule has 18 heavy (non-hydrogen) atoms. The van der Waals surface area contributed by atoms with Crippen LogP contribution in [0.2, 0.25) is 0 Å². The minimum Gasteiger partial charge on any atom is -0.381 e. The van der Waals surface area contributed by atoms with Gasteiger partial charge >= 0.3 is 0 Å². The number of rotatable bonds is 3. The lowest BCUT2D eigenvalue weighted by molar-refractivity contribution is 0.0542. The number of hydrogen-bond donors (Lipinski definition) is 1. The van der Waals surface area contributed by atoms with Crippen LogP contribution in [0.4, 0.5) is 0 Å². The van der Waals surface area contributed by atoms with E-state index in [1.807, 2.05) is 6.20 Å². The van der Waals surface area contributed by atoms with E-state index in [9.17, 15) is 0 Å². The summed E-state index contributed by atoms with van der Waals surface area (Å²) in [5.74, 6) is 1.72. The Morgan fingerprint density at radius 3 is 3.17 bits per heavy atom. The number of hydrogen-bond acceptors (Lipinski definition) is 3. The molecule has 0 saturated carbocycles. The number of imidazole rings is 1. The number of aromatic nitrogens is 2. The van der Waals surface area contributed by atoms with E-state index < -0.39 is 0 Å². The van der Waals surface area contributed by atoms with Crippen molar-refractivity contribution in [1.29, 1.82) is 0 Å². The molecular formula is C14H19N3O. The average molecular weight is 245 g/mol. The Balaban J connectivity index is 1.86. The van der Waals surface area contributed by atoms with Crippen LogP contribution in [0.25, 0.3) is 5.52 Å². The van der Waals surface area contributed by atoms with E-state index in [0.29, 0.717) is 12.5 Å². The van der Waals surface area contributed by atoms with Gasteiger partial charge in [-0.05, 0) is 30.4 Å². The second-order valence-electron chi connectivity index (χ2n) is 5.00. The second kappa shape index (κ2) is 5.08. The van der Waals surface area contributed by atoms with E-state index in [4.69, 9.17) is 10.5 Å². The molecule has 1 aliphatic heterocycles. The van der Waals surface area contributed by atoms with E-state index in [1.54, 1.807) is 0 Å². The molecule has 1 saturated heterocycles. The third-order valence-corrected chi connectivity index (χ3v) is 3.63. The molecule has 4 nitrogen and oxygen atoms in total. The molecule has 0 bridgehead atoms. The molecule has 0 spiro atoms. The van der Waals surface area contributed by atoms with Crippen LogP contribution in [-0.2, 0) is 17.7 Å². The monoisotopic (exact) mass is 245 g/mol. The molecule has 3 rings (SSSR count). The molecule has 0 amide bonds. The normalized spacial score (nSPS) is 20.4. The van der Waals surface area contributed by atoms with Crippen molar-refractivity contribution in [2.24, 2.45) is 11.7 Å². The maximum atomic E-state index is 5.69. The lowest BCUT2D eigenvalue weighted by Crippen LogP contribution is -2.20. The minimum atomic E-state index is 0.570. The van der Waals surface area contributed by atoms with Gasteiger partial charge in [-0.25, -0.2) is 4.98 Å². The SMILES string of the molecule is NCc1ccc2cnc(CC3CCCOC3)n2c1. The maximum Gasteiger partial charge on any atom is 0.113 e. The molecule has 0 aliphatic carbocycles. The first-order chi connectivity index (χ1) is 8.86. The molecule has 1 unspecified atom stereocenters. The largest absolute Gasteiger partial charge is 0.381 e. The molecule has 1 aliphatic rings. The van der Waals surface area contributed by atoms with E-state index in [0.717, 1.165) is 36.5 Å². The standard InChI is InChI=1S/C14H19N3O/c15-7-12-3-4-13-8-16-14(17(13)9-12)6-11-2-1-5-18-10-11/h3-4,8-9,11H,1-2,5-7,10,15H2. The Morgan fingerprint density at radius 1 is 1.44 bits per heavy atom. The Labute approximate surface area is 107 Å². The molecule has 4 heteroatoms. The molecule has 3 heterocycles. The summed E-state index contributed by atoms with van der Waals surface area (Å²) in [5, 5.41) is 0. The summed E-state index contributed by atoms with van der Waals surface area (Å²) in [6.45, 7) is 2.35. The zero-order chi connectivity index (χ0) is 12.4. The summed E-state index contributed by atoms with van der Waals surface area (Å²) in [4.78, 5) is 4.53. The first-order valence-electron chi connectivity index (χ1n) is 6.59. The van der Waals surface area contributed by atoms with Gasteiger partial charge in [0.05, 0.1) is 11.7 Å². The van der Waals surface area contributed by atoms with Crippen molar-refractivity contribution < 1.29 is 4.74 Å². The quantitative estimate of drug-likeness (QED) is 0.896. The van der Waals surface area contributed by atoms with E-state index in [2.05, 4.69) is 27.7 Å². The van der Waals surface area contributed by atoms with Crippen LogP contribution in [0.5, 0.6) is 0 Å². The van der Waals surface area contributed by atoms with Gasteiger partial charge in [-0.2, -0.15) is 0 Å². The molecule has 1 fully saturated rings. The zero-order valence-corrected chi connectivity index (χ0v) is 10.5. The van der Waals surface area contributed by atoms with Crippen molar-refractivity contribution in [3.63, 3.8) is 0 Å². The lowest BCUT2D eigenvalue weighted by atomic mass is 9.98. The van der Waals surface area contributed by atoms with E-state index in [1.165, 1.54) is 12.8 Å². The highest BCUT2D eigenvalue weighted by Gasteiger charge is 2.16. The fourth-order valence-electron chi connectivity index (χ4n) is 2.59. The average Bonchev–Trinajstić information content (AvgIpc) is 2.82. The van der Waals surface area contributed by atoms with Crippen LogP contribution in [0.3, 0.4) is 0 Å². The first kappa shape index (κ1) is 11.7. The third-order valence-electron chi connectivity index (χ3n) is 3.63. The minimum absolute atomic E-state index is 0.570. The van der Waals surface area contributed by atoms with Crippen LogP contribution in [0.15, 0.2) is 24.5 Å².